The van der Waals surface area contributed by atoms with Crippen LogP contribution in [0.4, 0.5) is 0 Å². The average Bonchev–Trinajstić information content (AvgIpc) is 2.02. The predicted molar refractivity (Wildman–Crippen MR) is 40.3 cm³/mol. The molecule has 0 aliphatic heterocycles. The fraction of sp³-hybridized carbons (Fsp3) is 0.400. The summed E-state index contributed by atoms with van der Waals surface area (Å²) in [5.41, 5.74) is -3.11. The molecule has 0 spiro atoms. The maximum atomic E-state index is 10.9. The van der Waals surface area contributed by atoms with Crippen molar-refractivity contribution in [2.75, 3.05) is 6.61 Å². The highest BCUT2D eigenvalue weighted by Gasteiger charge is 2.10. The van der Waals surface area contributed by atoms with Crippen molar-refractivity contribution in [3.63, 3.8) is 0 Å². The van der Waals surface area contributed by atoms with Crippen LogP contribution in [0.25, 0.3) is 0 Å². The third-order valence-corrected chi connectivity index (χ3v) is 1.34. The van der Waals surface area contributed by atoms with Crippen molar-refractivity contribution in [3.05, 3.63) is 31.5 Å². The van der Waals surface area contributed by atoms with Crippen molar-refractivity contribution in [2.45, 2.75) is 6.23 Å². The van der Waals surface area contributed by atoms with Crippen LogP contribution in [-0.2, 0) is 0 Å². The second-order valence-electron chi connectivity index (χ2n) is 2.22. The number of hydrogen-bond acceptors (Lipinski definition) is 5. The van der Waals surface area contributed by atoms with Crippen LogP contribution in [0, 0.1) is 0 Å². The Morgan fingerprint density at radius 3 is 2.08 bits per heavy atom. The summed E-state index contributed by atoms with van der Waals surface area (Å²) in [5.74, 6) is 0. The minimum atomic E-state index is -1.66. The van der Waals surface area contributed by atoms with Gasteiger partial charge in [-0.3, -0.25) is 9.97 Å². The van der Waals surface area contributed by atoms with E-state index in [1.54, 1.807) is 9.97 Å². The van der Waals surface area contributed by atoms with Crippen molar-refractivity contribution < 1.29 is 10.2 Å². The van der Waals surface area contributed by atoms with Gasteiger partial charge in [0.1, 0.15) is 0 Å². The predicted octanol–water partition coefficient (Wildman–Crippen LogP) is -3.29. The first kappa shape index (κ1) is 9.42. The van der Waals surface area contributed by atoms with E-state index in [-0.39, 0.29) is 0 Å². The summed E-state index contributed by atoms with van der Waals surface area (Å²) in [7, 11) is 0. The molecule has 72 valence electrons. The van der Waals surface area contributed by atoms with Gasteiger partial charge in [0.05, 0.1) is 6.61 Å². The number of aliphatic hydroxyl groups is 2. The Labute approximate surface area is 70.1 Å². The Balaban J connectivity index is 3.47. The molecule has 0 amide bonds. The molecule has 0 aliphatic rings. The Kier molecular flexibility index (Phi) is 2.44. The minimum absolute atomic E-state index is 0.293. The average molecular weight is 189 g/mol. The lowest BCUT2D eigenvalue weighted by Gasteiger charge is -2.07. The van der Waals surface area contributed by atoms with Crippen LogP contribution >= 0.6 is 0 Å². The summed E-state index contributed by atoms with van der Waals surface area (Å²) in [6.07, 6.45) is -1.66. The van der Waals surface area contributed by atoms with E-state index in [0.29, 0.717) is 4.57 Å². The third-order valence-electron chi connectivity index (χ3n) is 1.34. The third kappa shape index (κ3) is 1.73. The van der Waals surface area contributed by atoms with Gasteiger partial charge in [-0.1, -0.05) is 0 Å². The van der Waals surface area contributed by atoms with Crippen molar-refractivity contribution in [2.24, 2.45) is 0 Å². The first-order valence-electron chi connectivity index (χ1n) is 3.30. The van der Waals surface area contributed by atoms with E-state index < -0.39 is 29.9 Å². The normalized spacial score (nSPS) is 12.8. The minimum Gasteiger partial charge on any atom is -0.392 e. The molecule has 1 heterocycles. The monoisotopic (exact) mass is 189 g/mol. The standard InChI is InChI=1S/C5H7N3O5/c9-1-2(10)8-4(12)6-3(11)7-5(8)13/h2,9-10H,1H2,(H2,6,7,11,12,13). The van der Waals surface area contributed by atoms with Crippen molar-refractivity contribution in [1.82, 2.24) is 14.5 Å². The van der Waals surface area contributed by atoms with Crippen LogP contribution in [0.3, 0.4) is 0 Å². The number of hydrogen-bond donors (Lipinski definition) is 4. The molecule has 1 atom stereocenters. The molecule has 1 aromatic heterocycles. The number of H-pyrrole nitrogens is 2. The number of aromatic amines is 2. The Hall–Kier alpha value is -1.67. The highest BCUT2D eigenvalue weighted by atomic mass is 16.3. The van der Waals surface area contributed by atoms with Gasteiger partial charge in [0.15, 0.2) is 6.23 Å². The van der Waals surface area contributed by atoms with Gasteiger partial charge >= 0.3 is 17.1 Å². The zero-order chi connectivity index (χ0) is 10.0. The molecular weight excluding hydrogens is 182 g/mol. The second-order valence-corrected chi connectivity index (χ2v) is 2.22. The molecular formula is C5H7N3O5. The largest absolute Gasteiger partial charge is 0.392 e. The lowest BCUT2D eigenvalue weighted by atomic mass is 10.6. The summed E-state index contributed by atoms with van der Waals surface area (Å²) in [5, 5.41) is 17.4. The molecule has 13 heavy (non-hydrogen) atoms. The Morgan fingerprint density at radius 1 is 1.23 bits per heavy atom. The van der Waals surface area contributed by atoms with Gasteiger partial charge in [0.2, 0.25) is 0 Å². The molecule has 4 N–H and O–H groups in total. The number of aromatic nitrogens is 3. The van der Waals surface area contributed by atoms with E-state index in [0.717, 1.165) is 0 Å². The molecule has 0 saturated carbocycles. The first-order chi connectivity index (χ1) is 6.06. The maximum Gasteiger partial charge on any atom is 0.335 e. The summed E-state index contributed by atoms with van der Waals surface area (Å²) >= 11 is 0. The zero-order valence-corrected chi connectivity index (χ0v) is 6.35. The fourth-order valence-electron chi connectivity index (χ4n) is 0.791. The highest BCUT2D eigenvalue weighted by molar-refractivity contribution is 4.71. The van der Waals surface area contributed by atoms with Crippen LogP contribution in [0.5, 0.6) is 0 Å². The van der Waals surface area contributed by atoms with Crippen LogP contribution < -0.4 is 17.1 Å². The van der Waals surface area contributed by atoms with Crippen molar-refractivity contribution in [1.29, 1.82) is 0 Å². The van der Waals surface area contributed by atoms with Gasteiger partial charge in [-0.25, -0.2) is 19.0 Å². The van der Waals surface area contributed by atoms with E-state index >= 15 is 0 Å². The van der Waals surface area contributed by atoms with Gasteiger partial charge in [0, 0.05) is 0 Å². The Morgan fingerprint density at radius 2 is 1.69 bits per heavy atom. The molecule has 0 fully saturated rings. The number of nitrogens with one attached hydrogen (secondary N) is 2. The molecule has 0 radical (unpaired) electrons. The van der Waals surface area contributed by atoms with Crippen LogP contribution in [0.2, 0.25) is 0 Å². The van der Waals surface area contributed by atoms with Crippen molar-refractivity contribution >= 4 is 0 Å². The smallest absolute Gasteiger partial charge is 0.335 e. The van der Waals surface area contributed by atoms with E-state index in [4.69, 9.17) is 10.2 Å². The SMILES string of the molecule is O=c1[nH]c(=O)n(C(O)CO)c(=O)[nH]1. The quantitative estimate of drug-likeness (QED) is 0.387. The molecule has 0 aromatic carbocycles. The molecule has 1 aromatic rings. The molecule has 8 heteroatoms. The van der Waals surface area contributed by atoms with Crippen LogP contribution in [-0.4, -0.2) is 31.4 Å². The van der Waals surface area contributed by atoms with Gasteiger partial charge < -0.3 is 10.2 Å². The van der Waals surface area contributed by atoms with E-state index in [2.05, 4.69) is 0 Å². The highest BCUT2D eigenvalue weighted by Crippen LogP contribution is 1.87. The number of rotatable bonds is 2. The van der Waals surface area contributed by atoms with Crippen molar-refractivity contribution in [3.8, 4) is 0 Å². The van der Waals surface area contributed by atoms with Gasteiger partial charge in [-0.05, 0) is 0 Å². The van der Waals surface area contributed by atoms with Gasteiger partial charge in [0.25, 0.3) is 0 Å². The summed E-state index contributed by atoms with van der Waals surface area (Å²) in [6.45, 7) is -0.797. The lowest BCUT2D eigenvalue weighted by Crippen LogP contribution is -2.45. The topological polar surface area (TPSA) is 128 Å². The summed E-state index contributed by atoms with van der Waals surface area (Å²) in [6, 6.07) is 0. The fourth-order valence-corrected chi connectivity index (χ4v) is 0.791. The lowest BCUT2D eigenvalue weighted by molar-refractivity contribution is 0.0314. The first-order valence-corrected chi connectivity index (χ1v) is 3.30. The summed E-state index contributed by atoms with van der Waals surface area (Å²) < 4.78 is 0.293. The van der Waals surface area contributed by atoms with E-state index in [1.807, 2.05) is 0 Å². The molecule has 0 bridgehead atoms. The van der Waals surface area contributed by atoms with E-state index in [1.165, 1.54) is 0 Å². The van der Waals surface area contributed by atoms with Gasteiger partial charge in [-0.15, -0.1) is 0 Å². The summed E-state index contributed by atoms with van der Waals surface area (Å²) in [4.78, 5) is 35.7. The zero-order valence-electron chi connectivity index (χ0n) is 6.35. The van der Waals surface area contributed by atoms with Crippen LogP contribution in [0.1, 0.15) is 6.23 Å². The van der Waals surface area contributed by atoms with Gasteiger partial charge in [-0.2, -0.15) is 0 Å². The molecule has 0 saturated heterocycles. The molecule has 8 nitrogen and oxygen atoms in total. The second kappa shape index (κ2) is 3.37. The molecule has 0 aliphatic carbocycles. The van der Waals surface area contributed by atoms with Crippen LogP contribution in [0.15, 0.2) is 14.4 Å². The van der Waals surface area contributed by atoms with E-state index in [9.17, 15) is 14.4 Å². The molecule has 1 unspecified atom stereocenters. The number of aliphatic hydroxyl groups excluding tert-OH is 2. The molecule has 1 rings (SSSR count). The number of nitrogens with zero attached hydrogens (tertiary/aromatic N) is 1. The maximum absolute atomic E-state index is 10.9. The Bertz CT molecular complexity index is 420.